The van der Waals surface area contributed by atoms with Gasteiger partial charge < -0.3 is 5.32 Å². The van der Waals surface area contributed by atoms with Gasteiger partial charge in [0.15, 0.2) is 0 Å². The summed E-state index contributed by atoms with van der Waals surface area (Å²) in [5.41, 5.74) is 2.35. The van der Waals surface area contributed by atoms with Crippen LogP contribution in [0.1, 0.15) is 24.1 Å². The van der Waals surface area contributed by atoms with Gasteiger partial charge in [-0.2, -0.15) is 0 Å². The number of fused-ring (bicyclic) bond motifs is 1. The number of halogens is 2. The lowest BCUT2D eigenvalue weighted by Gasteiger charge is -2.18. The Balaban J connectivity index is 2.21. The third-order valence-corrected chi connectivity index (χ3v) is 3.35. The van der Waals surface area contributed by atoms with Gasteiger partial charge in [0.2, 0.25) is 0 Å². The van der Waals surface area contributed by atoms with Crippen LogP contribution >= 0.6 is 15.9 Å². The van der Waals surface area contributed by atoms with Crippen LogP contribution in [0.2, 0.25) is 0 Å². The van der Waals surface area contributed by atoms with Gasteiger partial charge in [-0.05, 0) is 35.6 Å². The zero-order chi connectivity index (χ0) is 11.7. The highest BCUT2D eigenvalue weighted by Crippen LogP contribution is 2.36. The van der Waals surface area contributed by atoms with Gasteiger partial charge in [0.25, 0.3) is 0 Å². The SMILES string of the molecule is C=C(Br)CNC1c2cc(F)ccc2CC1C. The Morgan fingerprint density at radius 3 is 3.06 bits per heavy atom. The molecule has 1 aromatic rings. The van der Waals surface area contributed by atoms with Gasteiger partial charge in [-0.3, -0.25) is 0 Å². The van der Waals surface area contributed by atoms with Crippen molar-refractivity contribution in [1.82, 2.24) is 5.32 Å². The van der Waals surface area contributed by atoms with Gasteiger partial charge in [0.05, 0.1) is 0 Å². The molecule has 1 nitrogen and oxygen atoms in total. The summed E-state index contributed by atoms with van der Waals surface area (Å²) >= 11 is 3.33. The molecule has 0 saturated heterocycles. The summed E-state index contributed by atoms with van der Waals surface area (Å²) in [4.78, 5) is 0. The number of rotatable bonds is 3. The van der Waals surface area contributed by atoms with Gasteiger partial charge in [-0.1, -0.05) is 35.5 Å². The highest BCUT2D eigenvalue weighted by atomic mass is 79.9. The lowest BCUT2D eigenvalue weighted by atomic mass is 10.0. The first kappa shape index (κ1) is 11.8. The summed E-state index contributed by atoms with van der Waals surface area (Å²) in [5.74, 6) is 0.348. The smallest absolute Gasteiger partial charge is 0.123 e. The molecule has 2 atom stereocenters. The van der Waals surface area contributed by atoms with E-state index in [1.54, 1.807) is 6.07 Å². The van der Waals surface area contributed by atoms with Crippen molar-refractivity contribution in [2.45, 2.75) is 19.4 Å². The van der Waals surface area contributed by atoms with E-state index in [1.165, 1.54) is 11.6 Å². The highest BCUT2D eigenvalue weighted by Gasteiger charge is 2.29. The molecular weight excluding hydrogens is 269 g/mol. The molecule has 1 aliphatic rings. The minimum atomic E-state index is -0.155. The largest absolute Gasteiger partial charge is 0.305 e. The minimum absolute atomic E-state index is 0.155. The zero-order valence-corrected chi connectivity index (χ0v) is 10.8. The topological polar surface area (TPSA) is 12.0 Å². The van der Waals surface area contributed by atoms with E-state index in [4.69, 9.17) is 0 Å². The van der Waals surface area contributed by atoms with Gasteiger partial charge in [-0.25, -0.2) is 4.39 Å². The average molecular weight is 284 g/mol. The van der Waals surface area contributed by atoms with Crippen LogP contribution in [0.4, 0.5) is 4.39 Å². The van der Waals surface area contributed by atoms with Crippen LogP contribution in [-0.4, -0.2) is 6.54 Å². The van der Waals surface area contributed by atoms with E-state index in [-0.39, 0.29) is 11.9 Å². The molecule has 0 radical (unpaired) electrons. The Bertz CT molecular complexity index is 416. The third-order valence-electron chi connectivity index (χ3n) is 3.07. The van der Waals surface area contributed by atoms with Gasteiger partial charge in [-0.15, -0.1) is 0 Å². The van der Waals surface area contributed by atoms with Crippen LogP contribution in [0.3, 0.4) is 0 Å². The zero-order valence-electron chi connectivity index (χ0n) is 9.26. The van der Waals surface area contributed by atoms with E-state index in [0.717, 1.165) is 16.5 Å². The average Bonchev–Trinajstić information content (AvgIpc) is 2.51. The fraction of sp³-hybridized carbons (Fsp3) is 0.385. The first-order valence-corrected chi connectivity index (χ1v) is 6.22. The van der Waals surface area contributed by atoms with Crippen LogP contribution in [0, 0.1) is 11.7 Å². The van der Waals surface area contributed by atoms with Crippen molar-refractivity contribution in [2.24, 2.45) is 5.92 Å². The summed E-state index contributed by atoms with van der Waals surface area (Å²) in [7, 11) is 0. The molecular formula is C13H15BrFN. The van der Waals surface area contributed by atoms with E-state index in [0.29, 0.717) is 12.5 Å². The fourth-order valence-electron chi connectivity index (χ4n) is 2.34. The van der Waals surface area contributed by atoms with Crippen molar-refractivity contribution in [3.05, 3.63) is 46.2 Å². The Labute approximate surface area is 104 Å². The quantitative estimate of drug-likeness (QED) is 0.895. The lowest BCUT2D eigenvalue weighted by Crippen LogP contribution is -2.25. The number of hydrogen-bond donors (Lipinski definition) is 1. The number of benzene rings is 1. The fourth-order valence-corrected chi connectivity index (χ4v) is 2.51. The maximum absolute atomic E-state index is 13.2. The van der Waals surface area contributed by atoms with Gasteiger partial charge in [0, 0.05) is 17.1 Å². The molecule has 2 unspecified atom stereocenters. The molecule has 0 heterocycles. The van der Waals surface area contributed by atoms with Crippen LogP contribution in [-0.2, 0) is 6.42 Å². The monoisotopic (exact) mass is 283 g/mol. The molecule has 0 saturated carbocycles. The maximum Gasteiger partial charge on any atom is 0.123 e. The second-order valence-corrected chi connectivity index (χ2v) is 5.52. The van der Waals surface area contributed by atoms with Crippen LogP contribution < -0.4 is 5.32 Å². The molecule has 86 valence electrons. The minimum Gasteiger partial charge on any atom is -0.305 e. The van der Waals surface area contributed by atoms with Gasteiger partial charge >= 0.3 is 0 Å². The van der Waals surface area contributed by atoms with E-state index < -0.39 is 0 Å². The molecule has 0 bridgehead atoms. The van der Waals surface area contributed by atoms with Crippen molar-refractivity contribution < 1.29 is 4.39 Å². The Kier molecular flexibility index (Phi) is 3.45. The Hall–Kier alpha value is -0.670. The second-order valence-electron chi connectivity index (χ2n) is 4.40. The third kappa shape index (κ3) is 2.36. The summed E-state index contributed by atoms with van der Waals surface area (Å²) in [5, 5.41) is 3.40. The molecule has 16 heavy (non-hydrogen) atoms. The predicted octanol–water partition coefficient (Wildman–Crippen LogP) is 3.56. The Morgan fingerprint density at radius 1 is 1.62 bits per heavy atom. The Morgan fingerprint density at radius 2 is 2.38 bits per heavy atom. The molecule has 0 aromatic heterocycles. The molecule has 0 amide bonds. The van der Waals surface area contributed by atoms with Crippen molar-refractivity contribution in [2.75, 3.05) is 6.54 Å². The summed E-state index contributed by atoms with van der Waals surface area (Å²) < 4.78 is 14.1. The van der Waals surface area contributed by atoms with Gasteiger partial charge in [0.1, 0.15) is 5.82 Å². The van der Waals surface area contributed by atoms with Crippen LogP contribution in [0.15, 0.2) is 29.3 Å². The molecule has 2 rings (SSSR count). The van der Waals surface area contributed by atoms with E-state index in [1.807, 2.05) is 6.07 Å². The lowest BCUT2D eigenvalue weighted by molar-refractivity contribution is 0.432. The van der Waals surface area contributed by atoms with E-state index in [9.17, 15) is 4.39 Å². The highest BCUT2D eigenvalue weighted by molar-refractivity contribution is 9.11. The summed E-state index contributed by atoms with van der Waals surface area (Å²) in [6, 6.07) is 5.32. The first-order chi connectivity index (χ1) is 7.58. The second kappa shape index (κ2) is 4.68. The molecule has 3 heteroatoms. The molecule has 0 spiro atoms. The summed E-state index contributed by atoms with van der Waals surface area (Å²) in [6.45, 7) is 6.70. The van der Waals surface area contributed by atoms with E-state index >= 15 is 0 Å². The molecule has 1 aromatic carbocycles. The van der Waals surface area contributed by atoms with Crippen molar-refractivity contribution in [3.8, 4) is 0 Å². The predicted molar refractivity (Wildman–Crippen MR) is 68.1 cm³/mol. The normalized spacial score (nSPS) is 23.2. The molecule has 1 aliphatic carbocycles. The standard InChI is InChI=1S/C13H15BrFN/c1-8-5-10-3-4-11(15)6-12(10)13(8)16-7-9(2)14/h3-4,6,8,13,16H,2,5,7H2,1H3. The van der Waals surface area contributed by atoms with E-state index in [2.05, 4.69) is 34.7 Å². The van der Waals surface area contributed by atoms with Crippen LogP contribution in [0.5, 0.6) is 0 Å². The summed E-state index contributed by atoms with van der Waals surface area (Å²) in [6.07, 6.45) is 1.02. The molecule has 1 N–H and O–H groups in total. The number of hydrogen-bond acceptors (Lipinski definition) is 1. The van der Waals surface area contributed by atoms with Crippen molar-refractivity contribution in [3.63, 3.8) is 0 Å². The molecule has 0 aliphatic heterocycles. The van der Waals surface area contributed by atoms with Crippen molar-refractivity contribution >= 4 is 15.9 Å². The molecule has 0 fully saturated rings. The first-order valence-electron chi connectivity index (χ1n) is 5.43. The number of nitrogens with one attached hydrogen (secondary N) is 1. The van der Waals surface area contributed by atoms with Crippen molar-refractivity contribution in [1.29, 1.82) is 0 Å². The van der Waals surface area contributed by atoms with Crippen LogP contribution in [0.25, 0.3) is 0 Å². The maximum atomic E-state index is 13.2.